The van der Waals surface area contributed by atoms with Crippen LogP contribution in [0.15, 0.2) is 15.2 Å². The van der Waals surface area contributed by atoms with Gasteiger partial charge >= 0.3 is 0 Å². The molecule has 0 fully saturated rings. The van der Waals surface area contributed by atoms with Gasteiger partial charge in [0, 0.05) is 12.0 Å². The number of furan rings is 1. The van der Waals surface area contributed by atoms with E-state index in [2.05, 4.69) is 29.8 Å². The van der Waals surface area contributed by atoms with Gasteiger partial charge in [-0.25, -0.2) is 0 Å². The lowest BCUT2D eigenvalue weighted by Gasteiger charge is -2.14. The highest BCUT2D eigenvalue weighted by Crippen LogP contribution is 2.40. The van der Waals surface area contributed by atoms with E-state index in [0.717, 1.165) is 17.3 Å². The molecule has 1 aliphatic rings. The summed E-state index contributed by atoms with van der Waals surface area (Å²) in [5, 5.41) is 0. The zero-order valence-electron chi connectivity index (χ0n) is 6.78. The highest BCUT2D eigenvalue weighted by Gasteiger charge is 2.32. The van der Waals surface area contributed by atoms with Gasteiger partial charge in [0.2, 0.25) is 0 Å². The second-order valence-electron chi connectivity index (χ2n) is 4.00. The first-order chi connectivity index (χ1) is 5.08. The van der Waals surface area contributed by atoms with E-state index in [1.54, 1.807) is 6.26 Å². The van der Waals surface area contributed by atoms with E-state index in [9.17, 15) is 0 Å². The molecule has 0 N–H and O–H groups in total. The van der Waals surface area contributed by atoms with Gasteiger partial charge in [0.1, 0.15) is 12.0 Å². The topological polar surface area (TPSA) is 13.1 Å². The van der Waals surface area contributed by atoms with Gasteiger partial charge in [0.25, 0.3) is 0 Å². The van der Waals surface area contributed by atoms with Crippen LogP contribution in [0.25, 0.3) is 0 Å². The van der Waals surface area contributed by atoms with Crippen molar-refractivity contribution in [2.45, 2.75) is 26.7 Å². The third-order valence-electron chi connectivity index (χ3n) is 2.22. The maximum absolute atomic E-state index is 5.40. The quantitative estimate of drug-likeness (QED) is 0.647. The van der Waals surface area contributed by atoms with Crippen LogP contribution >= 0.6 is 15.9 Å². The minimum atomic E-state index is 0.401. The van der Waals surface area contributed by atoms with E-state index in [0.29, 0.717) is 5.41 Å². The van der Waals surface area contributed by atoms with Gasteiger partial charge in [0.05, 0.1) is 4.47 Å². The smallest absolute Gasteiger partial charge is 0.108 e. The molecule has 2 heteroatoms. The summed E-state index contributed by atoms with van der Waals surface area (Å²) in [6.07, 6.45) is 4.01. The molecule has 0 aromatic carbocycles. The molecule has 0 radical (unpaired) electrons. The number of rotatable bonds is 0. The average Bonchev–Trinajstić information content (AvgIpc) is 2.31. The molecule has 0 amide bonds. The van der Waals surface area contributed by atoms with Crippen LogP contribution in [0.4, 0.5) is 0 Å². The van der Waals surface area contributed by atoms with Gasteiger partial charge in [-0.1, -0.05) is 13.8 Å². The van der Waals surface area contributed by atoms with Crippen LogP contribution in [-0.4, -0.2) is 0 Å². The Morgan fingerprint density at radius 1 is 1.45 bits per heavy atom. The first-order valence-corrected chi connectivity index (χ1v) is 4.62. The van der Waals surface area contributed by atoms with Crippen LogP contribution in [0, 0.1) is 5.41 Å². The molecule has 1 aromatic heterocycles. The first-order valence-electron chi connectivity index (χ1n) is 3.83. The van der Waals surface area contributed by atoms with Gasteiger partial charge in [-0.05, 0) is 27.8 Å². The van der Waals surface area contributed by atoms with E-state index >= 15 is 0 Å². The molecule has 0 atom stereocenters. The molecule has 0 spiro atoms. The second-order valence-corrected chi connectivity index (χ2v) is 4.86. The maximum atomic E-state index is 5.40. The van der Waals surface area contributed by atoms with E-state index in [-0.39, 0.29) is 0 Å². The molecule has 1 aromatic rings. The van der Waals surface area contributed by atoms with Crippen molar-refractivity contribution in [3.8, 4) is 0 Å². The zero-order valence-corrected chi connectivity index (χ0v) is 8.36. The Morgan fingerprint density at radius 2 is 2.18 bits per heavy atom. The Balaban J connectivity index is 2.42. The molecule has 0 saturated carbocycles. The molecule has 11 heavy (non-hydrogen) atoms. The minimum Gasteiger partial charge on any atom is -0.468 e. The molecule has 0 unspecified atom stereocenters. The van der Waals surface area contributed by atoms with Crippen LogP contribution in [0.3, 0.4) is 0 Å². The fourth-order valence-electron chi connectivity index (χ4n) is 1.71. The Hall–Kier alpha value is -0.240. The number of hydrogen-bond acceptors (Lipinski definition) is 1. The van der Waals surface area contributed by atoms with Crippen LogP contribution in [-0.2, 0) is 12.8 Å². The lowest BCUT2D eigenvalue weighted by atomic mass is 9.90. The van der Waals surface area contributed by atoms with Crippen molar-refractivity contribution in [3.05, 3.63) is 22.1 Å². The number of hydrogen-bond donors (Lipinski definition) is 0. The van der Waals surface area contributed by atoms with Crippen LogP contribution in [0.2, 0.25) is 0 Å². The normalized spacial score (nSPS) is 20.3. The molecular formula is C9H11BrO. The summed E-state index contributed by atoms with van der Waals surface area (Å²) in [7, 11) is 0. The van der Waals surface area contributed by atoms with Crippen molar-refractivity contribution in [2.24, 2.45) is 5.41 Å². The van der Waals surface area contributed by atoms with Crippen molar-refractivity contribution in [1.29, 1.82) is 0 Å². The summed E-state index contributed by atoms with van der Waals surface area (Å²) in [6.45, 7) is 4.55. The minimum absolute atomic E-state index is 0.401. The summed E-state index contributed by atoms with van der Waals surface area (Å²) in [6, 6.07) is 0. The molecule has 1 heterocycles. The Morgan fingerprint density at radius 3 is 2.82 bits per heavy atom. The van der Waals surface area contributed by atoms with Gasteiger partial charge in [-0.15, -0.1) is 0 Å². The molecule has 60 valence electrons. The maximum Gasteiger partial charge on any atom is 0.108 e. The van der Waals surface area contributed by atoms with Crippen LogP contribution in [0.1, 0.15) is 25.2 Å². The van der Waals surface area contributed by atoms with Crippen molar-refractivity contribution in [3.63, 3.8) is 0 Å². The summed E-state index contributed by atoms with van der Waals surface area (Å²) in [4.78, 5) is 0. The fraction of sp³-hybridized carbons (Fsp3) is 0.556. The standard InChI is InChI=1S/C9H11BrO/c1-9(2)3-6-7(10)5-11-8(6)4-9/h5H,3-4H2,1-2H3. The SMILES string of the molecule is CC1(C)Cc2occ(Br)c2C1. The van der Waals surface area contributed by atoms with Gasteiger partial charge in [-0.3, -0.25) is 0 Å². The first kappa shape index (κ1) is 7.41. The van der Waals surface area contributed by atoms with Crippen LogP contribution < -0.4 is 0 Å². The average molecular weight is 215 g/mol. The lowest BCUT2D eigenvalue weighted by molar-refractivity contribution is 0.363. The lowest BCUT2D eigenvalue weighted by Crippen LogP contribution is -2.10. The van der Waals surface area contributed by atoms with Gasteiger partial charge in [-0.2, -0.15) is 0 Å². The van der Waals surface area contributed by atoms with Crippen molar-refractivity contribution in [1.82, 2.24) is 0 Å². The number of halogens is 1. The van der Waals surface area contributed by atoms with Crippen molar-refractivity contribution < 1.29 is 4.42 Å². The predicted molar refractivity (Wildman–Crippen MR) is 47.6 cm³/mol. The molecule has 2 rings (SSSR count). The molecule has 1 nitrogen and oxygen atoms in total. The third kappa shape index (κ3) is 1.13. The Labute approximate surface area is 74.9 Å². The van der Waals surface area contributed by atoms with E-state index < -0.39 is 0 Å². The summed E-state index contributed by atoms with van der Waals surface area (Å²) >= 11 is 3.48. The largest absolute Gasteiger partial charge is 0.468 e. The summed E-state index contributed by atoms with van der Waals surface area (Å²) < 4.78 is 6.53. The molecule has 1 aliphatic carbocycles. The van der Waals surface area contributed by atoms with E-state index in [4.69, 9.17) is 4.42 Å². The molecule has 0 aliphatic heterocycles. The monoisotopic (exact) mass is 214 g/mol. The Kier molecular flexibility index (Phi) is 1.43. The predicted octanol–water partition coefficient (Wildman–Crippen LogP) is 3.17. The summed E-state index contributed by atoms with van der Waals surface area (Å²) in [5.74, 6) is 1.17. The molecular weight excluding hydrogens is 204 g/mol. The molecule has 0 saturated heterocycles. The Bertz CT molecular complexity index is 286. The number of fused-ring (bicyclic) bond motifs is 1. The van der Waals surface area contributed by atoms with Gasteiger partial charge in [0.15, 0.2) is 0 Å². The summed E-state index contributed by atoms with van der Waals surface area (Å²) in [5.41, 5.74) is 1.77. The fourth-order valence-corrected chi connectivity index (χ4v) is 2.16. The van der Waals surface area contributed by atoms with Gasteiger partial charge < -0.3 is 4.42 Å². The van der Waals surface area contributed by atoms with E-state index in [1.165, 1.54) is 11.3 Å². The zero-order chi connectivity index (χ0) is 8.06. The molecule has 0 bridgehead atoms. The highest BCUT2D eigenvalue weighted by molar-refractivity contribution is 9.10. The van der Waals surface area contributed by atoms with Crippen LogP contribution in [0.5, 0.6) is 0 Å². The highest BCUT2D eigenvalue weighted by atomic mass is 79.9. The van der Waals surface area contributed by atoms with Crippen molar-refractivity contribution in [2.75, 3.05) is 0 Å². The van der Waals surface area contributed by atoms with E-state index in [1.807, 2.05) is 0 Å². The third-order valence-corrected chi connectivity index (χ3v) is 2.89. The van der Waals surface area contributed by atoms with Crippen molar-refractivity contribution >= 4 is 15.9 Å². The second kappa shape index (κ2) is 2.13.